The molecule has 0 atom stereocenters. The summed E-state index contributed by atoms with van der Waals surface area (Å²) in [6.07, 6.45) is 0.991. The minimum atomic E-state index is -0.127. The first-order valence-corrected chi connectivity index (χ1v) is 8.59. The number of hydrogen-bond donors (Lipinski definition) is 3. The van der Waals surface area contributed by atoms with Crippen LogP contribution in [0.15, 0.2) is 48.5 Å². The van der Waals surface area contributed by atoms with Crippen LogP contribution >= 0.6 is 0 Å². The Bertz CT molecular complexity index is 712. The van der Waals surface area contributed by atoms with E-state index in [0.717, 1.165) is 16.9 Å². The quantitative estimate of drug-likeness (QED) is 0.596. The van der Waals surface area contributed by atoms with Crippen molar-refractivity contribution < 1.29 is 14.3 Å². The van der Waals surface area contributed by atoms with Gasteiger partial charge in [-0.25, -0.2) is 0 Å². The molecular weight excluding hydrogens is 330 g/mol. The molecule has 6 nitrogen and oxygen atoms in total. The second-order valence-electron chi connectivity index (χ2n) is 5.89. The SMILES string of the molecule is COc1ccc(CC(=O)NCCCNC(=O)c2ccc(CN)cc2)cc1. The molecule has 0 aromatic heterocycles. The number of benzene rings is 2. The molecule has 4 N–H and O–H groups in total. The molecule has 0 unspecified atom stereocenters. The van der Waals surface area contributed by atoms with E-state index in [0.29, 0.717) is 38.0 Å². The van der Waals surface area contributed by atoms with Gasteiger partial charge in [-0.05, 0) is 41.8 Å². The van der Waals surface area contributed by atoms with Gasteiger partial charge in [-0.3, -0.25) is 9.59 Å². The number of ether oxygens (including phenoxy) is 1. The molecule has 2 aromatic carbocycles. The number of carbonyl (C=O) groups is 2. The standard InChI is InChI=1S/C20H25N3O3/c1-26-18-9-5-15(6-10-18)13-19(24)22-11-2-12-23-20(25)17-7-3-16(14-21)4-8-17/h3-10H,2,11-14,21H2,1H3,(H,22,24)(H,23,25). The highest BCUT2D eigenvalue weighted by Crippen LogP contribution is 2.11. The molecule has 0 fully saturated rings. The van der Waals surface area contributed by atoms with E-state index in [1.165, 1.54) is 0 Å². The Morgan fingerprint density at radius 2 is 1.54 bits per heavy atom. The zero-order valence-corrected chi connectivity index (χ0v) is 15.0. The highest BCUT2D eigenvalue weighted by atomic mass is 16.5. The van der Waals surface area contributed by atoms with Gasteiger partial charge in [-0.2, -0.15) is 0 Å². The third-order valence-corrected chi connectivity index (χ3v) is 3.94. The van der Waals surface area contributed by atoms with E-state index in [1.807, 2.05) is 36.4 Å². The summed E-state index contributed by atoms with van der Waals surface area (Å²) < 4.78 is 5.09. The van der Waals surface area contributed by atoms with Gasteiger partial charge in [0.2, 0.25) is 5.91 Å². The maximum atomic E-state index is 12.0. The zero-order valence-electron chi connectivity index (χ0n) is 15.0. The fraction of sp³-hybridized carbons (Fsp3) is 0.300. The van der Waals surface area contributed by atoms with E-state index in [2.05, 4.69) is 10.6 Å². The van der Waals surface area contributed by atoms with E-state index < -0.39 is 0 Å². The molecule has 138 valence electrons. The molecule has 0 aliphatic heterocycles. The molecule has 0 saturated carbocycles. The van der Waals surface area contributed by atoms with Gasteiger partial charge in [-0.15, -0.1) is 0 Å². The number of rotatable bonds is 9. The van der Waals surface area contributed by atoms with Gasteiger partial charge in [0.25, 0.3) is 5.91 Å². The molecule has 0 radical (unpaired) electrons. The Morgan fingerprint density at radius 1 is 0.923 bits per heavy atom. The van der Waals surface area contributed by atoms with Gasteiger partial charge >= 0.3 is 0 Å². The Morgan fingerprint density at radius 3 is 2.15 bits per heavy atom. The summed E-state index contributed by atoms with van der Waals surface area (Å²) >= 11 is 0. The lowest BCUT2D eigenvalue weighted by Crippen LogP contribution is -2.30. The summed E-state index contributed by atoms with van der Waals surface area (Å²) in [5, 5.41) is 5.69. The number of nitrogens with two attached hydrogens (primary N) is 1. The maximum Gasteiger partial charge on any atom is 0.251 e. The summed E-state index contributed by atoms with van der Waals surface area (Å²) in [6.45, 7) is 1.47. The van der Waals surface area contributed by atoms with Crippen LogP contribution in [0.5, 0.6) is 5.75 Å². The second kappa shape index (κ2) is 10.2. The summed E-state index contributed by atoms with van der Waals surface area (Å²) in [4.78, 5) is 23.9. The van der Waals surface area contributed by atoms with E-state index >= 15 is 0 Å². The van der Waals surface area contributed by atoms with E-state index in [-0.39, 0.29) is 11.8 Å². The van der Waals surface area contributed by atoms with Gasteiger partial charge in [0.1, 0.15) is 5.75 Å². The lowest BCUT2D eigenvalue weighted by Gasteiger charge is -2.08. The Kier molecular flexibility index (Phi) is 7.64. The monoisotopic (exact) mass is 355 g/mol. The summed E-state index contributed by atoms with van der Waals surface area (Å²) in [7, 11) is 1.61. The Labute approximate surface area is 153 Å². The van der Waals surface area contributed by atoms with Crippen molar-refractivity contribution in [3.8, 4) is 5.75 Å². The minimum Gasteiger partial charge on any atom is -0.497 e. The molecule has 6 heteroatoms. The molecule has 0 saturated heterocycles. The topological polar surface area (TPSA) is 93.5 Å². The lowest BCUT2D eigenvalue weighted by atomic mass is 10.1. The van der Waals surface area contributed by atoms with Crippen LogP contribution in [0, 0.1) is 0 Å². The zero-order chi connectivity index (χ0) is 18.8. The molecule has 0 aliphatic rings. The van der Waals surface area contributed by atoms with Crippen LogP contribution < -0.4 is 21.1 Å². The second-order valence-corrected chi connectivity index (χ2v) is 5.89. The highest BCUT2D eigenvalue weighted by molar-refractivity contribution is 5.94. The van der Waals surface area contributed by atoms with Crippen LogP contribution in [0.25, 0.3) is 0 Å². The van der Waals surface area contributed by atoms with Crippen molar-refractivity contribution in [3.63, 3.8) is 0 Å². The highest BCUT2D eigenvalue weighted by Gasteiger charge is 2.05. The minimum absolute atomic E-state index is 0.0427. The third kappa shape index (κ3) is 6.22. The van der Waals surface area contributed by atoms with Crippen LogP contribution in [-0.4, -0.2) is 32.0 Å². The van der Waals surface area contributed by atoms with E-state index in [9.17, 15) is 9.59 Å². The average molecular weight is 355 g/mol. The Hall–Kier alpha value is -2.86. The summed E-state index contributed by atoms with van der Waals surface area (Å²) in [5.74, 6) is 0.597. The lowest BCUT2D eigenvalue weighted by molar-refractivity contribution is -0.120. The van der Waals surface area contributed by atoms with E-state index in [1.54, 1.807) is 19.2 Å². The summed E-state index contributed by atoms with van der Waals surface area (Å²) in [6, 6.07) is 14.6. The van der Waals surface area contributed by atoms with Crippen molar-refractivity contribution in [3.05, 3.63) is 65.2 Å². The van der Waals surface area contributed by atoms with Crippen LogP contribution in [0.2, 0.25) is 0 Å². The van der Waals surface area contributed by atoms with E-state index in [4.69, 9.17) is 10.5 Å². The van der Waals surface area contributed by atoms with Gasteiger partial charge in [0.05, 0.1) is 13.5 Å². The van der Waals surface area contributed by atoms with Crippen LogP contribution in [-0.2, 0) is 17.8 Å². The predicted molar refractivity (Wildman–Crippen MR) is 101 cm³/mol. The maximum absolute atomic E-state index is 12.0. The fourth-order valence-corrected chi connectivity index (χ4v) is 2.40. The number of methoxy groups -OCH3 is 1. The van der Waals surface area contributed by atoms with Gasteiger partial charge in [-0.1, -0.05) is 24.3 Å². The van der Waals surface area contributed by atoms with Gasteiger partial charge in [0.15, 0.2) is 0 Å². The average Bonchev–Trinajstić information content (AvgIpc) is 2.68. The first-order chi connectivity index (χ1) is 12.6. The molecule has 2 rings (SSSR count). The fourth-order valence-electron chi connectivity index (χ4n) is 2.40. The first kappa shape index (κ1) is 19.5. The largest absolute Gasteiger partial charge is 0.497 e. The van der Waals surface area contributed by atoms with Crippen molar-refractivity contribution in [1.82, 2.24) is 10.6 Å². The number of amides is 2. The van der Waals surface area contributed by atoms with Gasteiger partial charge in [0, 0.05) is 25.2 Å². The molecule has 0 bridgehead atoms. The normalized spacial score (nSPS) is 10.2. The number of carbonyl (C=O) groups excluding carboxylic acids is 2. The molecule has 0 aliphatic carbocycles. The third-order valence-electron chi connectivity index (χ3n) is 3.94. The van der Waals surface area contributed by atoms with Crippen molar-refractivity contribution >= 4 is 11.8 Å². The molecule has 26 heavy (non-hydrogen) atoms. The molecule has 2 amide bonds. The molecular formula is C20H25N3O3. The molecule has 0 heterocycles. The van der Waals surface area contributed by atoms with Crippen LogP contribution in [0.3, 0.4) is 0 Å². The van der Waals surface area contributed by atoms with Crippen molar-refractivity contribution in [2.45, 2.75) is 19.4 Å². The summed E-state index contributed by atoms with van der Waals surface area (Å²) in [5.41, 5.74) is 8.05. The van der Waals surface area contributed by atoms with Gasteiger partial charge < -0.3 is 21.1 Å². The van der Waals surface area contributed by atoms with Crippen molar-refractivity contribution in [1.29, 1.82) is 0 Å². The number of nitrogens with one attached hydrogen (secondary N) is 2. The molecule has 2 aromatic rings. The van der Waals surface area contributed by atoms with Crippen LogP contribution in [0.1, 0.15) is 27.9 Å². The Balaban J connectivity index is 1.63. The molecule has 0 spiro atoms. The number of hydrogen-bond acceptors (Lipinski definition) is 4. The van der Waals surface area contributed by atoms with Crippen molar-refractivity contribution in [2.24, 2.45) is 5.73 Å². The first-order valence-electron chi connectivity index (χ1n) is 8.59. The smallest absolute Gasteiger partial charge is 0.251 e. The predicted octanol–water partition coefficient (Wildman–Crippen LogP) is 1.63. The van der Waals surface area contributed by atoms with Crippen LogP contribution in [0.4, 0.5) is 0 Å². The van der Waals surface area contributed by atoms with Crippen molar-refractivity contribution in [2.75, 3.05) is 20.2 Å².